The highest BCUT2D eigenvalue weighted by atomic mass is 35.5. The van der Waals surface area contributed by atoms with Crippen molar-refractivity contribution < 1.29 is 22.8 Å². The predicted octanol–water partition coefficient (Wildman–Crippen LogP) is 7.38. The van der Waals surface area contributed by atoms with Gasteiger partial charge in [0.1, 0.15) is 12.4 Å². The van der Waals surface area contributed by atoms with Crippen LogP contribution < -0.4 is 10.6 Å². The molecule has 0 saturated heterocycles. The van der Waals surface area contributed by atoms with Crippen molar-refractivity contribution >= 4 is 46.6 Å². The molecule has 38 heavy (non-hydrogen) atoms. The third-order valence-electron chi connectivity index (χ3n) is 5.55. The Kier molecular flexibility index (Phi) is 8.68. The number of rotatable bonds is 6. The number of anilines is 2. The van der Waals surface area contributed by atoms with Crippen LogP contribution in [0.1, 0.15) is 45.9 Å². The smallest absolute Gasteiger partial charge is 0.313 e. The van der Waals surface area contributed by atoms with Gasteiger partial charge in [-0.1, -0.05) is 44.0 Å². The van der Waals surface area contributed by atoms with Crippen LogP contribution in [0.4, 0.5) is 29.5 Å². The number of halogens is 5. The van der Waals surface area contributed by atoms with Gasteiger partial charge in [-0.3, -0.25) is 4.79 Å². The maximum Gasteiger partial charge on any atom is 0.416 e. The number of benzene rings is 2. The summed E-state index contributed by atoms with van der Waals surface area (Å²) in [7, 11) is 0. The molecule has 3 amide bonds. The highest BCUT2D eigenvalue weighted by Crippen LogP contribution is 2.31. The van der Waals surface area contributed by atoms with E-state index in [0.717, 1.165) is 24.3 Å². The molecule has 0 fully saturated rings. The number of carbonyl (C=O) groups is 2. The Morgan fingerprint density at radius 2 is 1.61 bits per heavy atom. The van der Waals surface area contributed by atoms with E-state index < -0.39 is 23.7 Å². The van der Waals surface area contributed by atoms with Gasteiger partial charge in [0, 0.05) is 23.2 Å². The largest absolute Gasteiger partial charge is 0.416 e. The first-order valence-electron chi connectivity index (χ1n) is 11.7. The Hall–Kier alpha value is -3.24. The minimum Gasteiger partial charge on any atom is -0.313 e. The van der Waals surface area contributed by atoms with Crippen LogP contribution in [-0.2, 0) is 16.4 Å². The maximum atomic E-state index is 13.1. The Morgan fingerprint density at radius 3 is 2.13 bits per heavy atom. The van der Waals surface area contributed by atoms with Gasteiger partial charge in [0.05, 0.1) is 27.0 Å². The number of nitrogens with zero attached hydrogens (tertiary/aromatic N) is 3. The van der Waals surface area contributed by atoms with E-state index >= 15 is 0 Å². The molecule has 0 aliphatic rings. The van der Waals surface area contributed by atoms with Gasteiger partial charge in [-0.2, -0.15) is 18.3 Å². The second-order valence-corrected chi connectivity index (χ2v) is 10.8. The van der Waals surface area contributed by atoms with E-state index in [1.165, 1.54) is 9.58 Å². The third-order valence-corrected chi connectivity index (χ3v) is 6.29. The molecule has 1 aromatic heterocycles. The molecule has 0 radical (unpaired) electrons. The summed E-state index contributed by atoms with van der Waals surface area (Å²) in [5, 5.41) is 10.7. The van der Waals surface area contributed by atoms with Crippen LogP contribution in [0, 0.1) is 0 Å². The standard InChI is InChI=1S/C26H28Cl2F3N5O2/c1-15(2)35(24(38)32-17-8-6-16(7-9-17)26(29,30)31)14-23(37)33-22-13-21(25(3,4)5)34-36(22)18-10-11-19(27)20(28)12-18/h6-13,15H,14H2,1-5H3,(H,32,38)(H,33,37). The first-order valence-corrected chi connectivity index (χ1v) is 12.4. The van der Waals surface area contributed by atoms with E-state index in [0.29, 0.717) is 27.2 Å². The molecular weight excluding hydrogens is 542 g/mol. The third kappa shape index (κ3) is 7.20. The van der Waals surface area contributed by atoms with E-state index in [9.17, 15) is 22.8 Å². The van der Waals surface area contributed by atoms with E-state index in [1.807, 2.05) is 20.8 Å². The molecule has 3 aromatic rings. The quantitative estimate of drug-likeness (QED) is 0.325. The predicted molar refractivity (Wildman–Crippen MR) is 143 cm³/mol. The molecule has 0 saturated carbocycles. The van der Waals surface area contributed by atoms with Crippen molar-refractivity contribution in [2.45, 2.75) is 52.3 Å². The van der Waals surface area contributed by atoms with Gasteiger partial charge in [0.2, 0.25) is 5.91 Å². The van der Waals surface area contributed by atoms with Gasteiger partial charge < -0.3 is 15.5 Å². The molecule has 0 aliphatic heterocycles. The fourth-order valence-electron chi connectivity index (χ4n) is 3.41. The minimum atomic E-state index is -4.48. The number of hydrogen-bond donors (Lipinski definition) is 2. The molecule has 1 heterocycles. The molecule has 7 nitrogen and oxygen atoms in total. The molecular formula is C26H28Cl2F3N5O2. The first kappa shape index (κ1) is 29.3. The maximum absolute atomic E-state index is 13.1. The number of nitrogens with one attached hydrogen (secondary N) is 2. The van der Waals surface area contributed by atoms with Crippen LogP contribution in [0.5, 0.6) is 0 Å². The zero-order valence-electron chi connectivity index (χ0n) is 21.5. The second kappa shape index (κ2) is 11.2. The topological polar surface area (TPSA) is 79.3 Å². The van der Waals surface area contributed by atoms with Crippen LogP contribution in [-0.4, -0.2) is 39.2 Å². The lowest BCUT2D eigenvalue weighted by molar-refractivity contribution is -0.137. The van der Waals surface area contributed by atoms with E-state index in [-0.39, 0.29) is 23.7 Å². The Balaban J connectivity index is 1.80. The van der Waals surface area contributed by atoms with Crippen molar-refractivity contribution in [1.29, 1.82) is 0 Å². The van der Waals surface area contributed by atoms with Crippen LogP contribution in [0.15, 0.2) is 48.5 Å². The van der Waals surface area contributed by atoms with Crippen LogP contribution in [0.2, 0.25) is 10.0 Å². The monoisotopic (exact) mass is 569 g/mol. The highest BCUT2D eigenvalue weighted by Gasteiger charge is 2.30. The molecule has 0 spiro atoms. The summed E-state index contributed by atoms with van der Waals surface area (Å²) in [5.41, 5.74) is 0.294. The van der Waals surface area contributed by atoms with Gasteiger partial charge in [-0.05, 0) is 56.3 Å². The number of aromatic nitrogens is 2. The van der Waals surface area contributed by atoms with Gasteiger partial charge in [0.25, 0.3) is 0 Å². The number of urea groups is 1. The van der Waals surface area contributed by atoms with E-state index in [2.05, 4.69) is 15.7 Å². The summed E-state index contributed by atoms with van der Waals surface area (Å²) in [6, 6.07) is 9.73. The van der Waals surface area contributed by atoms with E-state index in [1.54, 1.807) is 38.1 Å². The van der Waals surface area contributed by atoms with Crippen LogP contribution in [0.3, 0.4) is 0 Å². The van der Waals surface area contributed by atoms with E-state index in [4.69, 9.17) is 23.2 Å². The number of carbonyl (C=O) groups excluding carboxylic acids is 2. The van der Waals surface area contributed by atoms with Crippen molar-refractivity contribution in [3.8, 4) is 5.69 Å². The Labute approximate surface area is 228 Å². The molecule has 12 heteroatoms. The summed E-state index contributed by atoms with van der Waals surface area (Å²) in [5.74, 6) is -0.131. The van der Waals surface area contributed by atoms with Gasteiger partial charge in [-0.25, -0.2) is 9.48 Å². The summed E-state index contributed by atoms with van der Waals surface area (Å²) in [6.45, 7) is 9.06. The zero-order valence-corrected chi connectivity index (χ0v) is 23.0. The first-order chi connectivity index (χ1) is 17.6. The van der Waals surface area contributed by atoms with Gasteiger partial charge in [0.15, 0.2) is 0 Å². The van der Waals surface area contributed by atoms with Crippen molar-refractivity contribution in [1.82, 2.24) is 14.7 Å². The molecule has 0 unspecified atom stereocenters. The second-order valence-electron chi connectivity index (χ2n) is 9.95. The minimum absolute atomic E-state index is 0.168. The average molecular weight is 570 g/mol. The lowest BCUT2D eigenvalue weighted by atomic mass is 9.92. The molecule has 2 N–H and O–H groups in total. The lowest BCUT2D eigenvalue weighted by Crippen LogP contribution is -2.44. The zero-order chi connectivity index (χ0) is 28.4. The molecule has 0 aliphatic carbocycles. The molecule has 3 rings (SSSR count). The SMILES string of the molecule is CC(C)N(CC(=O)Nc1cc(C(C)(C)C)nn1-c1ccc(Cl)c(Cl)c1)C(=O)Nc1ccc(C(F)(F)F)cc1. The van der Waals surface area contributed by atoms with Crippen molar-refractivity contribution in [3.05, 3.63) is 69.8 Å². The summed E-state index contributed by atoms with van der Waals surface area (Å²) >= 11 is 12.2. The fourth-order valence-corrected chi connectivity index (χ4v) is 3.71. The van der Waals surface area contributed by atoms with Crippen molar-refractivity contribution in [2.24, 2.45) is 0 Å². The summed E-state index contributed by atoms with van der Waals surface area (Å²) in [4.78, 5) is 27.2. The molecule has 0 bridgehead atoms. The average Bonchev–Trinajstić information content (AvgIpc) is 3.23. The molecule has 0 atom stereocenters. The van der Waals surface area contributed by atoms with Crippen LogP contribution in [0.25, 0.3) is 5.69 Å². The Bertz CT molecular complexity index is 1320. The van der Waals surface area contributed by atoms with Gasteiger partial charge >= 0.3 is 12.2 Å². The van der Waals surface area contributed by atoms with Gasteiger partial charge in [-0.15, -0.1) is 0 Å². The number of amides is 3. The summed E-state index contributed by atoms with van der Waals surface area (Å²) in [6.07, 6.45) is -4.48. The normalized spacial score (nSPS) is 12.0. The van der Waals surface area contributed by atoms with Crippen LogP contribution >= 0.6 is 23.2 Å². The van der Waals surface area contributed by atoms with Crippen molar-refractivity contribution in [2.75, 3.05) is 17.2 Å². The van der Waals surface area contributed by atoms with Crippen molar-refractivity contribution in [3.63, 3.8) is 0 Å². The summed E-state index contributed by atoms with van der Waals surface area (Å²) < 4.78 is 40.0. The Morgan fingerprint density at radius 1 is 0.974 bits per heavy atom. The highest BCUT2D eigenvalue weighted by molar-refractivity contribution is 6.42. The number of hydrogen-bond acceptors (Lipinski definition) is 3. The fraction of sp³-hybridized carbons (Fsp3) is 0.346. The lowest BCUT2D eigenvalue weighted by Gasteiger charge is -2.26. The molecule has 204 valence electrons. The molecule has 2 aromatic carbocycles. The number of alkyl halides is 3.